The molecular weight excluding hydrogens is 322 g/mol. The maximum absolute atomic E-state index is 14.5. The van der Waals surface area contributed by atoms with Crippen molar-refractivity contribution in [3.8, 4) is 0 Å². The quantitative estimate of drug-likeness (QED) is 0.745. The van der Waals surface area contributed by atoms with Crippen molar-refractivity contribution in [1.29, 1.82) is 0 Å². The van der Waals surface area contributed by atoms with Crippen molar-refractivity contribution >= 4 is 6.03 Å². The van der Waals surface area contributed by atoms with Crippen LogP contribution in [0.25, 0.3) is 0 Å². The Morgan fingerprint density at radius 2 is 1.84 bits per heavy atom. The van der Waals surface area contributed by atoms with Crippen molar-refractivity contribution in [2.75, 3.05) is 20.6 Å². The van der Waals surface area contributed by atoms with E-state index in [-0.39, 0.29) is 17.5 Å². The van der Waals surface area contributed by atoms with Gasteiger partial charge in [-0.15, -0.1) is 0 Å². The van der Waals surface area contributed by atoms with Gasteiger partial charge in [0, 0.05) is 32.1 Å². The van der Waals surface area contributed by atoms with E-state index in [0.717, 1.165) is 17.7 Å². The number of amides is 2. The van der Waals surface area contributed by atoms with E-state index >= 15 is 0 Å². The Morgan fingerprint density at radius 1 is 1.12 bits per heavy atom. The highest BCUT2D eigenvalue weighted by atomic mass is 19.1. The molecule has 1 aliphatic heterocycles. The number of hydrogen-bond acceptors (Lipinski definition) is 1. The maximum Gasteiger partial charge on any atom is 0.320 e. The van der Waals surface area contributed by atoms with Crippen LogP contribution >= 0.6 is 0 Å². The summed E-state index contributed by atoms with van der Waals surface area (Å²) in [6.07, 6.45) is 3.86. The molecule has 0 spiro atoms. The molecule has 25 heavy (non-hydrogen) atoms. The van der Waals surface area contributed by atoms with E-state index < -0.39 is 17.7 Å². The highest BCUT2D eigenvalue weighted by Gasteiger charge is 2.36. The maximum atomic E-state index is 14.5. The van der Waals surface area contributed by atoms with Crippen molar-refractivity contribution < 1.29 is 13.6 Å². The Kier molecular flexibility index (Phi) is 4.83. The summed E-state index contributed by atoms with van der Waals surface area (Å²) in [6.45, 7) is 0.348. The molecule has 0 fully saturated rings. The fourth-order valence-electron chi connectivity index (χ4n) is 3.26. The van der Waals surface area contributed by atoms with Gasteiger partial charge in [-0.25, -0.2) is 13.6 Å². The van der Waals surface area contributed by atoms with E-state index in [0.29, 0.717) is 6.54 Å². The molecule has 0 saturated carbocycles. The molecule has 0 saturated heterocycles. The first-order valence-corrected chi connectivity index (χ1v) is 8.13. The average molecular weight is 342 g/mol. The summed E-state index contributed by atoms with van der Waals surface area (Å²) in [7, 11) is 3.30. The summed E-state index contributed by atoms with van der Waals surface area (Å²) in [5.41, 5.74) is 1.14. The molecule has 2 amide bonds. The zero-order valence-electron chi connectivity index (χ0n) is 14.2. The summed E-state index contributed by atoms with van der Waals surface area (Å²) in [4.78, 5) is 15.7. The zero-order chi connectivity index (χ0) is 18.0. The predicted molar refractivity (Wildman–Crippen MR) is 93.2 cm³/mol. The van der Waals surface area contributed by atoms with E-state index in [1.807, 2.05) is 42.5 Å². The Morgan fingerprint density at radius 3 is 2.52 bits per heavy atom. The second-order valence-corrected chi connectivity index (χ2v) is 6.30. The lowest BCUT2D eigenvalue weighted by molar-refractivity contribution is 0.146. The molecule has 0 N–H and O–H groups in total. The summed E-state index contributed by atoms with van der Waals surface area (Å²) in [5.74, 6) is -1.29. The normalized spacial score (nSPS) is 19.8. The number of hydrogen-bond donors (Lipinski definition) is 0. The number of halogens is 2. The molecule has 3 nitrogen and oxygen atoms in total. The van der Waals surface area contributed by atoms with Crippen LogP contribution in [-0.4, -0.2) is 36.5 Å². The van der Waals surface area contributed by atoms with Crippen molar-refractivity contribution in [2.45, 2.75) is 12.0 Å². The molecule has 0 aromatic heterocycles. The molecule has 2 aromatic rings. The molecule has 3 rings (SSSR count). The van der Waals surface area contributed by atoms with Gasteiger partial charge in [-0.1, -0.05) is 42.5 Å². The van der Waals surface area contributed by atoms with Crippen LogP contribution in [0.15, 0.2) is 60.7 Å². The van der Waals surface area contributed by atoms with Crippen LogP contribution in [0.1, 0.15) is 23.1 Å². The van der Waals surface area contributed by atoms with Crippen molar-refractivity contribution in [2.24, 2.45) is 0 Å². The molecule has 1 aliphatic rings. The van der Waals surface area contributed by atoms with Gasteiger partial charge in [-0.3, -0.25) is 0 Å². The van der Waals surface area contributed by atoms with Crippen molar-refractivity contribution in [3.63, 3.8) is 0 Å². The molecular formula is C20H20F2N2O. The second-order valence-electron chi connectivity index (χ2n) is 6.30. The number of carbonyl (C=O) groups excluding carboxylic acids is 1. The minimum atomic E-state index is -0.613. The first kappa shape index (κ1) is 17.1. The fraction of sp³-hybridized carbons (Fsp3) is 0.250. The Balaban J connectivity index is 2.14. The second kappa shape index (κ2) is 7.05. The predicted octanol–water partition coefficient (Wildman–Crippen LogP) is 4.34. The summed E-state index contributed by atoms with van der Waals surface area (Å²) < 4.78 is 28.4. The van der Waals surface area contributed by atoms with Gasteiger partial charge in [0.2, 0.25) is 0 Å². The smallest absolute Gasteiger partial charge is 0.320 e. The SMILES string of the molecule is CN(C)C(=O)N1CC=CC(c2ccccc2)C1c1cc(F)ccc1F. The molecule has 2 unspecified atom stereocenters. The molecule has 5 heteroatoms. The third-order valence-electron chi connectivity index (χ3n) is 4.41. The summed E-state index contributed by atoms with van der Waals surface area (Å²) in [5, 5.41) is 0. The molecule has 0 aliphatic carbocycles. The first-order valence-electron chi connectivity index (χ1n) is 8.13. The number of benzene rings is 2. The van der Waals surface area contributed by atoms with Gasteiger partial charge in [0.15, 0.2) is 0 Å². The zero-order valence-corrected chi connectivity index (χ0v) is 14.2. The summed E-state index contributed by atoms with van der Waals surface area (Å²) in [6, 6.07) is 12.1. The largest absolute Gasteiger partial charge is 0.331 e. The first-order chi connectivity index (χ1) is 12.0. The van der Waals surface area contributed by atoms with Gasteiger partial charge in [-0.05, 0) is 23.8 Å². The Hall–Kier alpha value is -2.69. The van der Waals surface area contributed by atoms with Crippen LogP contribution in [0.5, 0.6) is 0 Å². The Labute approximate surface area is 146 Å². The third kappa shape index (κ3) is 3.40. The van der Waals surface area contributed by atoms with Gasteiger partial charge in [0.1, 0.15) is 11.6 Å². The monoisotopic (exact) mass is 342 g/mol. The van der Waals surface area contributed by atoms with Crippen molar-refractivity contribution in [3.05, 3.63) is 83.4 Å². The van der Waals surface area contributed by atoms with Crippen LogP contribution in [0.3, 0.4) is 0 Å². The highest BCUT2D eigenvalue weighted by molar-refractivity contribution is 5.75. The lowest BCUT2D eigenvalue weighted by Gasteiger charge is -2.40. The summed E-state index contributed by atoms with van der Waals surface area (Å²) >= 11 is 0. The van der Waals surface area contributed by atoms with Crippen LogP contribution in [0.4, 0.5) is 13.6 Å². The van der Waals surface area contributed by atoms with Crippen LogP contribution in [0, 0.1) is 11.6 Å². The van der Waals surface area contributed by atoms with Crippen molar-refractivity contribution in [1.82, 2.24) is 9.80 Å². The molecule has 2 aromatic carbocycles. The minimum Gasteiger partial charge on any atom is -0.331 e. The standard InChI is InChI=1S/C20H20F2N2O/c1-23(2)20(25)24-12-6-9-16(14-7-4-3-5-8-14)19(24)17-13-15(21)10-11-18(17)22/h3-11,13,16,19H,12H2,1-2H3. The van der Waals surface area contributed by atoms with Gasteiger partial charge in [0.25, 0.3) is 0 Å². The van der Waals surface area contributed by atoms with E-state index in [1.54, 1.807) is 19.0 Å². The van der Waals surface area contributed by atoms with Crippen LogP contribution in [-0.2, 0) is 0 Å². The van der Waals surface area contributed by atoms with E-state index in [4.69, 9.17) is 0 Å². The number of nitrogens with zero attached hydrogens (tertiary/aromatic N) is 2. The van der Waals surface area contributed by atoms with Gasteiger partial charge in [-0.2, -0.15) is 0 Å². The highest BCUT2D eigenvalue weighted by Crippen LogP contribution is 2.41. The minimum absolute atomic E-state index is 0.188. The third-order valence-corrected chi connectivity index (χ3v) is 4.41. The molecule has 0 radical (unpaired) electrons. The van der Waals surface area contributed by atoms with Crippen LogP contribution < -0.4 is 0 Å². The average Bonchev–Trinajstić information content (AvgIpc) is 2.63. The topological polar surface area (TPSA) is 23.6 Å². The van der Waals surface area contributed by atoms with E-state index in [2.05, 4.69) is 0 Å². The molecule has 130 valence electrons. The number of urea groups is 1. The van der Waals surface area contributed by atoms with E-state index in [1.165, 1.54) is 11.0 Å². The van der Waals surface area contributed by atoms with Crippen LogP contribution in [0.2, 0.25) is 0 Å². The van der Waals surface area contributed by atoms with Gasteiger partial charge in [0.05, 0.1) is 6.04 Å². The molecule has 1 heterocycles. The lowest BCUT2D eigenvalue weighted by atomic mass is 9.83. The molecule has 0 bridgehead atoms. The van der Waals surface area contributed by atoms with Gasteiger partial charge >= 0.3 is 6.03 Å². The fourth-order valence-corrected chi connectivity index (χ4v) is 3.26. The number of carbonyl (C=O) groups is 1. The lowest BCUT2D eigenvalue weighted by Crippen LogP contribution is -2.45. The Bertz CT molecular complexity index is 790. The molecule has 2 atom stereocenters. The van der Waals surface area contributed by atoms with E-state index in [9.17, 15) is 13.6 Å². The van der Waals surface area contributed by atoms with Gasteiger partial charge < -0.3 is 9.80 Å². The number of rotatable bonds is 2.